The van der Waals surface area contributed by atoms with Crippen LogP contribution in [0, 0.1) is 5.92 Å². The van der Waals surface area contributed by atoms with E-state index in [4.69, 9.17) is 0 Å². The fraction of sp³-hybridized carbons (Fsp3) is 0.545. The molecule has 0 unspecified atom stereocenters. The number of hydrogen-bond acceptors (Lipinski definition) is 4. The van der Waals surface area contributed by atoms with E-state index in [0.29, 0.717) is 11.8 Å². The van der Waals surface area contributed by atoms with Crippen molar-refractivity contribution in [1.82, 2.24) is 19.4 Å². The van der Waals surface area contributed by atoms with Crippen LogP contribution in [-0.4, -0.2) is 53.1 Å². The molecule has 0 aliphatic carbocycles. The molecule has 5 nitrogen and oxygen atoms in total. The Bertz CT molecular complexity index is 842. The summed E-state index contributed by atoms with van der Waals surface area (Å²) in [6, 6.07) is 10.4. The Kier molecular flexibility index (Phi) is 5.15. The van der Waals surface area contributed by atoms with Crippen molar-refractivity contribution in [3.8, 4) is 0 Å². The molecule has 2 aromatic rings. The number of piperidine rings is 1. The molecule has 2 bridgehead atoms. The highest BCUT2D eigenvalue weighted by Gasteiger charge is 2.40. The largest absolute Gasteiger partial charge is 0.308 e. The molecule has 2 aromatic heterocycles. The second-order valence-corrected chi connectivity index (χ2v) is 8.39. The fourth-order valence-electron chi connectivity index (χ4n) is 4.86. The van der Waals surface area contributed by atoms with Crippen LogP contribution in [0.3, 0.4) is 0 Å². The van der Waals surface area contributed by atoms with E-state index in [0.717, 1.165) is 38.3 Å². The van der Waals surface area contributed by atoms with E-state index in [1.165, 1.54) is 17.7 Å². The number of aryl methyl sites for hydroxylation is 1. The summed E-state index contributed by atoms with van der Waals surface area (Å²) in [5.74, 6) is 0.944. The van der Waals surface area contributed by atoms with Gasteiger partial charge in [-0.25, -0.2) is 0 Å². The molecule has 4 rings (SSSR count). The van der Waals surface area contributed by atoms with Crippen molar-refractivity contribution in [2.45, 2.75) is 38.3 Å². The van der Waals surface area contributed by atoms with Gasteiger partial charge in [0.1, 0.15) is 0 Å². The van der Waals surface area contributed by atoms with Crippen LogP contribution in [0.4, 0.5) is 0 Å². The third-order valence-corrected chi connectivity index (χ3v) is 6.11. The van der Waals surface area contributed by atoms with Gasteiger partial charge in [-0.05, 0) is 50.6 Å². The Morgan fingerprint density at radius 1 is 1.19 bits per heavy atom. The van der Waals surface area contributed by atoms with E-state index >= 15 is 0 Å². The molecule has 0 radical (unpaired) electrons. The number of hydrogen-bond donors (Lipinski definition) is 0. The smallest absolute Gasteiger partial charge is 0.251 e. The summed E-state index contributed by atoms with van der Waals surface area (Å²) in [6.07, 6.45) is 4.21. The highest BCUT2D eigenvalue weighted by atomic mass is 16.1. The zero-order valence-corrected chi connectivity index (χ0v) is 16.6. The van der Waals surface area contributed by atoms with Gasteiger partial charge < -0.3 is 9.47 Å². The van der Waals surface area contributed by atoms with Gasteiger partial charge in [0.05, 0.1) is 11.7 Å². The van der Waals surface area contributed by atoms with Crippen molar-refractivity contribution in [3.63, 3.8) is 0 Å². The maximum atomic E-state index is 12.6. The minimum absolute atomic E-state index is 0.152. The van der Waals surface area contributed by atoms with Crippen molar-refractivity contribution in [2.75, 3.05) is 33.7 Å². The molecular formula is C22H30N4O. The molecule has 3 atom stereocenters. The molecule has 2 aliphatic heterocycles. The summed E-state index contributed by atoms with van der Waals surface area (Å²) in [7, 11) is 4.19. The first-order valence-electron chi connectivity index (χ1n) is 10.1. The molecule has 0 aromatic carbocycles. The molecule has 4 heterocycles. The van der Waals surface area contributed by atoms with Crippen molar-refractivity contribution in [3.05, 3.63) is 63.8 Å². The minimum Gasteiger partial charge on any atom is -0.308 e. The number of fused-ring (bicyclic) bond motifs is 4. The summed E-state index contributed by atoms with van der Waals surface area (Å²) < 4.78 is 2.09. The monoisotopic (exact) mass is 366 g/mol. The normalized spacial score (nSPS) is 24.8. The highest BCUT2D eigenvalue weighted by molar-refractivity contribution is 5.20. The molecular weight excluding hydrogens is 336 g/mol. The third-order valence-electron chi connectivity index (χ3n) is 6.11. The lowest BCUT2D eigenvalue weighted by Gasteiger charge is -2.47. The molecule has 5 heteroatoms. The average Bonchev–Trinajstić information content (AvgIpc) is 2.65. The van der Waals surface area contributed by atoms with Crippen molar-refractivity contribution < 1.29 is 0 Å². The minimum atomic E-state index is 0.152. The first kappa shape index (κ1) is 18.4. The number of likely N-dealkylation sites (tertiary alicyclic amines) is 1. The number of nitrogens with zero attached hydrogens (tertiary/aromatic N) is 4. The Balaban J connectivity index is 1.60. The summed E-state index contributed by atoms with van der Waals surface area (Å²) in [5.41, 5.74) is 3.79. The number of likely N-dealkylation sites (N-methyl/N-ethyl adjacent to an activating group) is 1. The lowest BCUT2D eigenvalue weighted by atomic mass is 9.78. The Hall–Kier alpha value is -1.98. The van der Waals surface area contributed by atoms with E-state index in [-0.39, 0.29) is 11.6 Å². The van der Waals surface area contributed by atoms with Gasteiger partial charge in [0.25, 0.3) is 5.56 Å². The predicted molar refractivity (Wildman–Crippen MR) is 108 cm³/mol. The zero-order valence-electron chi connectivity index (χ0n) is 16.6. The number of aromatic nitrogens is 2. The second-order valence-electron chi connectivity index (χ2n) is 8.39. The molecule has 1 fully saturated rings. The van der Waals surface area contributed by atoms with E-state index in [1.807, 2.05) is 12.3 Å². The summed E-state index contributed by atoms with van der Waals surface area (Å²) in [6.45, 7) is 6.00. The highest BCUT2D eigenvalue weighted by Crippen LogP contribution is 2.41. The maximum absolute atomic E-state index is 12.6. The van der Waals surface area contributed by atoms with Crippen molar-refractivity contribution >= 4 is 0 Å². The van der Waals surface area contributed by atoms with Crippen molar-refractivity contribution in [2.24, 2.45) is 5.92 Å². The topological polar surface area (TPSA) is 41.4 Å². The van der Waals surface area contributed by atoms with Gasteiger partial charge in [0.2, 0.25) is 0 Å². The molecule has 0 saturated carbocycles. The fourth-order valence-corrected chi connectivity index (χ4v) is 4.86. The summed E-state index contributed by atoms with van der Waals surface area (Å²) >= 11 is 0. The van der Waals surface area contributed by atoms with Crippen LogP contribution in [0.2, 0.25) is 0 Å². The quantitative estimate of drug-likeness (QED) is 0.815. The average molecular weight is 367 g/mol. The van der Waals surface area contributed by atoms with Gasteiger partial charge in [-0.1, -0.05) is 19.1 Å². The van der Waals surface area contributed by atoms with Gasteiger partial charge >= 0.3 is 0 Å². The summed E-state index contributed by atoms with van der Waals surface area (Å²) in [5, 5.41) is 0. The standard InChI is InChI=1S/C22H30N4O/c1-4-16-8-9-19(23-11-16)14-25-12-17-10-18(13-25)21(15-24(2)3)26-20(17)6-5-7-22(26)27/h5-9,11,17-18,21H,4,10,12-15H2,1-3H3/t17-,18+,21+/m1/s1. The first-order chi connectivity index (χ1) is 13.0. The van der Waals surface area contributed by atoms with Gasteiger partial charge in [-0.3, -0.25) is 14.7 Å². The lowest BCUT2D eigenvalue weighted by molar-refractivity contribution is 0.0736. The molecule has 27 heavy (non-hydrogen) atoms. The van der Waals surface area contributed by atoms with Crippen LogP contribution >= 0.6 is 0 Å². The van der Waals surface area contributed by atoms with Gasteiger partial charge in [-0.2, -0.15) is 0 Å². The van der Waals surface area contributed by atoms with Crippen LogP contribution in [0.1, 0.15) is 42.3 Å². The molecule has 144 valence electrons. The van der Waals surface area contributed by atoms with Crippen LogP contribution < -0.4 is 5.56 Å². The molecule has 0 N–H and O–H groups in total. The maximum Gasteiger partial charge on any atom is 0.251 e. The first-order valence-corrected chi connectivity index (χ1v) is 10.1. The number of rotatable bonds is 5. The Morgan fingerprint density at radius 3 is 2.74 bits per heavy atom. The van der Waals surface area contributed by atoms with E-state index in [1.54, 1.807) is 6.07 Å². The van der Waals surface area contributed by atoms with E-state index in [9.17, 15) is 4.79 Å². The van der Waals surface area contributed by atoms with Gasteiger partial charge in [-0.15, -0.1) is 0 Å². The Labute approximate surface area is 161 Å². The van der Waals surface area contributed by atoms with E-state index < -0.39 is 0 Å². The van der Waals surface area contributed by atoms with Gasteiger partial charge in [0, 0.05) is 50.1 Å². The molecule has 2 aliphatic rings. The Morgan fingerprint density at radius 2 is 2.04 bits per heavy atom. The second kappa shape index (κ2) is 7.56. The summed E-state index contributed by atoms with van der Waals surface area (Å²) in [4.78, 5) is 22.0. The van der Waals surface area contributed by atoms with E-state index in [2.05, 4.69) is 58.6 Å². The lowest BCUT2D eigenvalue weighted by Crippen LogP contribution is -2.51. The van der Waals surface area contributed by atoms with Crippen LogP contribution in [0.15, 0.2) is 41.3 Å². The third kappa shape index (κ3) is 3.71. The molecule has 0 amide bonds. The zero-order chi connectivity index (χ0) is 19.0. The molecule has 0 spiro atoms. The van der Waals surface area contributed by atoms with Crippen LogP contribution in [-0.2, 0) is 13.0 Å². The number of pyridine rings is 2. The van der Waals surface area contributed by atoms with Crippen LogP contribution in [0.25, 0.3) is 0 Å². The predicted octanol–water partition coefficient (Wildman–Crippen LogP) is 2.53. The van der Waals surface area contributed by atoms with Crippen LogP contribution in [0.5, 0.6) is 0 Å². The SMILES string of the molecule is CCc1ccc(CN2C[C@H]3C[C@@H](C2)[C@H](CN(C)C)n2c3cccc2=O)nc1. The molecule has 1 saturated heterocycles. The van der Waals surface area contributed by atoms with Gasteiger partial charge in [0.15, 0.2) is 0 Å². The van der Waals surface area contributed by atoms with Crippen molar-refractivity contribution in [1.29, 1.82) is 0 Å².